The Labute approximate surface area is 94.9 Å². The van der Waals surface area contributed by atoms with Gasteiger partial charge in [-0.05, 0) is 29.8 Å². The van der Waals surface area contributed by atoms with Crippen molar-refractivity contribution in [2.45, 2.75) is 13.2 Å². The van der Waals surface area contributed by atoms with Crippen molar-refractivity contribution in [3.05, 3.63) is 59.9 Å². The van der Waals surface area contributed by atoms with Gasteiger partial charge in [0.05, 0.1) is 5.69 Å². The lowest BCUT2D eigenvalue weighted by Gasteiger charge is -2.06. The zero-order valence-electron chi connectivity index (χ0n) is 8.97. The van der Waals surface area contributed by atoms with Gasteiger partial charge in [-0.25, -0.2) is 0 Å². The van der Waals surface area contributed by atoms with Crippen LogP contribution < -0.4 is 10.5 Å². The fourth-order valence-corrected chi connectivity index (χ4v) is 1.40. The number of benzene rings is 1. The third-order valence-electron chi connectivity index (χ3n) is 2.25. The number of nitrogens with zero attached hydrogens (tertiary/aromatic N) is 1. The molecule has 0 saturated heterocycles. The molecule has 3 heteroatoms. The molecule has 0 spiro atoms. The molecule has 0 amide bonds. The lowest BCUT2D eigenvalue weighted by atomic mass is 10.2. The zero-order chi connectivity index (χ0) is 11.2. The minimum Gasteiger partial charge on any atom is -0.487 e. The molecule has 0 saturated carbocycles. The second kappa shape index (κ2) is 5.28. The Morgan fingerprint density at radius 1 is 1.12 bits per heavy atom. The summed E-state index contributed by atoms with van der Waals surface area (Å²) in [6, 6.07) is 13.6. The predicted molar refractivity (Wildman–Crippen MR) is 62.9 cm³/mol. The number of hydrogen-bond acceptors (Lipinski definition) is 3. The van der Waals surface area contributed by atoms with Crippen LogP contribution in [0.5, 0.6) is 5.75 Å². The third kappa shape index (κ3) is 2.81. The van der Waals surface area contributed by atoms with Crippen molar-refractivity contribution in [1.29, 1.82) is 0 Å². The smallest absolute Gasteiger partial charge is 0.130 e. The normalized spacial score (nSPS) is 10.1. The van der Waals surface area contributed by atoms with Crippen molar-refractivity contribution in [3.8, 4) is 5.75 Å². The van der Waals surface area contributed by atoms with Gasteiger partial charge >= 0.3 is 0 Å². The van der Waals surface area contributed by atoms with Crippen LogP contribution in [0.25, 0.3) is 0 Å². The quantitative estimate of drug-likeness (QED) is 0.848. The van der Waals surface area contributed by atoms with Crippen LogP contribution in [-0.2, 0) is 13.2 Å². The van der Waals surface area contributed by atoms with Crippen LogP contribution in [0.3, 0.4) is 0 Å². The summed E-state index contributed by atoms with van der Waals surface area (Å²) < 4.78 is 5.62. The summed E-state index contributed by atoms with van der Waals surface area (Å²) in [5.74, 6) is 0.827. The van der Waals surface area contributed by atoms with Gasteiger partial charge in [0, 0.05) is 12.7 Å². The molecule has 0 fully saturated rings. The van der Waals surface area contributed by atoms with Crippen LogP contribution in [0.1, 0.15) is 11.3 Å². The highest BCUT2D eigenvalue weighted by molar-refractivity contribution is 5.28. The van der Waals surface area contributed by atoms with Gasteiger partial charge in [0.2, 0.25) is 0 Å². The molecule has 1 aromatic carbocycles. The lowest BCUT2D eigenvalue weighted by Crippen LogP contribution is -1.99. The molecule has 0 aliphatic heterocycles. The summed E-state index contributed by atoms with van der Waals surface area (Å²) in [5, 5.41) is 0. The maximum Gasteiger partial charge on any atom is 0.130 e. The number of aromatic nitrogens is 1. The van der Waals surface area contributed by atoms with Crippen LogP contribution in [0.2, 0.25) is 0 Å². The molecule has 2 N–H and O–H groups in total. The molecule has 0 unspecified atom stereocenters. The summed E-state index contributed by atoms with van der Waals surface area (Å²) in [6.07, 6.45) is 1.76. The molecule has 2 rings (SSSR count). The zero-order valence-corrected chi connectivity index (χ0v) is 8.97. The van der Waals surface area contributed by atoms with E-state index >= 15 is 0 Å². The summed E-state index contributed by atoms with van der Waals surface area (Å²) in [5.41, 5.74) is 7.54. The van der Waals surface area contributed by atoms with E-state index in [1.807, 2.05) is 42.5 Å². The summed E-state index contributed by atoms with van der Waals surface area (Å²) >= 11 is 0. The number of nitrogens with two attached hydrogens (primary N) is 1. The fourth-order valence-electron chi connectivity index (χ4n) is 1.40. The van der Waals surface area contributed by atoms with Gasteiger partial charge in [0.15, 0.2) is 0 Å². The van der Waals surface area contributed by atoms with Gasteiger partial charge in [-0.3, -0.25) is 4.98 Å². The maximum atomic E-state index is 5.62. The Morgan fingerprint density at radius 3 is 2.81 bits per heavy atom. The molecular formula is C13H14N2O. The molecule has 16 heavy (non-hydrogen) atoms. The summed E-state index contributed by atoms with van der Waals surface area (Å²) in [4.78, 5) is 4.19. The minimum atomic E-state index is 0.481. The summed E-state index contributed by atoms with van der Waals surface area (Å²) in [7, 11) is 0. The number of rotatable bonds is 4. The van der Waals surface area contributed by atoms with Gasteiger partial charge in [-0.1, -0.05) is 18.2 Å². The molecular weight excluding hydrogens is 200 g/mol. The van der Waals surface area contributed by atoms with Crippen LogP contribution >= 0.6 is 0 Å². The maximum absolute atomic E-state index is 5.62. The van der Waals surface area contributed by atoms with E-state index in [2.05, 4.69) is 4.98 Å². The van der Waals surface area contributed by atoms with Crippen LogP contribution in [-0.4, -0.2) is 4.98 Å². The Morgan fingerprint density at radius 2 is 2.06 bits per heavy atom. The van der Waals surface area contributed by atoms with Crippen molar-refractivity contribution in [1.82, 2.24) is 4.98 Å². The summed E-state index contributed by atoms with van der Waals surface area (Å²) in [6.45, 7) is 1.01. The largest absolute Gasteiger partial charge is 0.487 e. The fraction of sp³-hybridized carbons (Fsp3) is 0.154. The standard InChI is InChI=1S/C13H14N2O/c14-9-11-4-3-6-13(8-11)16-10-12-5-1-2-7-15-12/h1-8H,9-10,14H2. The molecule has 2 aromatic rings. The van der Waals surface area contributed by atoms with Crippen molar-refractivity contribution in [2.24, 2.45) is 5.73 Å². The SMILES string of the molecule is NCc1cccc(OCc2ccccn2)c1. The molecule has 82 valence electrons. The molecule has 1 heterocycles. The average molecular weight is 214 g/mol. The van der Waals surface area contributed by atoms with E-state index in [9.17, 15) is 0 Å². The van der Waals surface area contributed by atoms with Gasteiger partial charge in [-0.2, -0.15) is 0 Å². The molecule has 3 nitrogen and oxygen atoms in total. The van der Waals surface area contributed by atoms with Crippen LogP contribution in [0.4, 0.5) is 0 Å². The molecule has 0 atom stereocenters. The van der Waals surface area contributed by atoms with E-state index in [1.165, 1.54) is 0 Å². The predicted octanol–water partition coefficient (Wildman–Crippen LogP) is 2.12. The topological polar surface area (TPSA) is 48.1 Å². The van der Waals surface area contributed by atoms with Crippen molar-refractivity contribution >= 4 is 0 Å². The van der Waals surface area contributed by atoms with Crippen LogP contribution in [0, 0.1) is 0 Å². The average Bonchev–Trinajstić information content (AvgIpc) is 2.38. The number of ether oxygens (including phenoxy) is 1. The van der Waals surface area contributed by atoms with E-state index in [4.69, 9.17) is 10.5 Å². The third-order valence-corrected chi connectivity index (χ3v) is 2.25. The minimum absolute atomic E-state index is 0.481. The first-order chi connectivity index (χ1) is 7.88. The molecule has 0 radical (unpaired) electrons. The first-order valence-electron chi connectivity index (χ1n) is 5.20. The van der Waals surface area contributed by atoms with E-state index in [0.29, 0.717) is 13.2 Å². The highest BCUT2D eigenvalue weighted by Crippen LogP contribution is 2.14. The Kier molecular flexibility index (Phi) is 3.51. The van der Waals surface area contributed by atoms with E-state index in [1.54, 1.807) is 6.20 Å². The van der Waals surface area contributed by atoms with E-state index in [0.717, 1.165) is 17.0 Å². The van der Waals surface area contributed by atoms with E-state index < -0.39 is 0 Å². The van der Waals surface area contributed by atoms with Crippen LogP contribution in [0.15, 0.2) is 48.7 Å². The van der Waals surface area contributed by atoms with Gasteiger partial charge in [0.1, 0.15) is 12.4 Å². The van der Waals surface area contributed by atoms with Gasteiger partial charge < -0.3 is 10.5 Å². The van der Waals surface area contributed by atoms with Gasteiger partial charge in [-0.15, -0.1) is 0 Å². The highest BCUT2D eigenvalue weighted by atomic mass is 16.5. The molecule has 0 aliphatic carbocycles. The Bertz CT molecular complexity index is 443. The number of hydrogen-bond donors (Lipinski definition) is 1. The Balaban J connectivity index is 1.99. The van der Waals surface area contributed by atoms with E-state index in [-0.39, 0.29) is 0 Å². The van der Waals surface area contributed by atoms with Gasteiger partial charge in [0.25, 0.3) is 0 Å². The Hall–Kier alpha value is -1.87. The number of pyridine rings is 1. The first kappa shape index (κ1) is 10.6. The molecule has 0 aliphatic rings. The van der Waals surface area contributed by atoms with Crippen molar-refractivity contribution in [2.75, 3.05) is 0 Å². The monoisotopic (exact) mass is 214 g/mol. The second-order valence-electron chi connectivity index (χ2n) is 3.46. The molecule has 0 bridgehead atoms. The highest BCUT2D eigenvalue weighted by Gasteiger charge is 1.97. The lowest BCUT2D eigenvalue weighted by molar-refractivity contribution is 0.301. The van der Waals surface area contributed by atoms with Crippen molar-refractivity contribution in [3.63, 3.8) is 0 Å². The van der Waals surface area contributed by atoms with Crippen molar-refractivity contribution < 1.29 is 4.74 Å². The first-order valence-corrected chi connectivity index (χ1v) is 5.20. The second-order valence-corrected chi connectivity index (χ2v) is 3.46. The molecule has 1 aromatic heterocycles.